The number of esters is 1. The van der Waals surface area contributed by atoms with Crippen molar-refractivity contribution in [1.82, 2.24) is 20.4 Å². The number of para-hydroxylation sites is 1. The van der Waals surface area contributed by atoms with Gasteiger partial charge in [-0.25, -0.2) is 13.9 Å². The van der Waals surface area contributed by atoms with Crippen LogP contribution in [0.5, 0.6) is 0 Å². The molecule has 2 atom stereocenters. The van der Waals surface area contributed by atoms with Gasteiger partial charge in [-0.05, 0) is 75.7 Å². The topological polar surface area (TPSA) is 106 Å². The van der Waals surface area contributed by atoms with E-state index >= 15 is 0 Å². The highest BCUT2D eigenvalue weighted by atomic mass is 19.4. The summed E-state index contributed by atoms with van der Waals surface area (Å²) in [6.45, 7) is 7.62. The Morgan fingerprint density at radius 3 is 2.32 bits per heavy atom. The van der Waals surface area contributed by atoms with E-state index < -0.39 is 52.9 Å². The third-order valence-electron chi connectivity index (χ3n) is 7.91. The molecule has 0 unspecified atom stereocenters. The van der Waals surface area contributed by atoms with Crippen LogP contribution >= 0.6 is 0 Å². The molecule has 1 aliphatic heterocycles. The molecule has 4 aromatic rings. The normalized spacial score (nSPS) is 16.4. The molecule has 5 rings (SSSR count). The van der Waals surface area contributed by atoms with Gasteiger partial charge in [0.15, 0.2) is 0 Å². The fourth-order valence-electron chi connectivity index (χ4n) is 5.81. The molecule has 0 saturated heterocycles. The van der Waals surface area contributed by atoms with Crippen LogP contribution in [0.15, 0.2) is 91.0 Å². The van der Waals surface area contributed by atoms with E-state index in [2.05, 4.69) is 10.6 Å². The number of aromatic nitrogens is 2. The predicted octanol–water partition coefficient (Wildman–Crippen LogP) is 6.31. The van der Waals surface area contributed by atoms with Gasteiger partial charge in [-0.3, -0.25) is 14.5 Å². The minimum absolute atomic E-state index is 0.151. The molecule has 2 amide bonds. The van der Waals surface area contributed by atoms with Crippen molar-refractivity contribution in [1.29, 1.82) is 0 Å². The Morgan fingerprint density at radius 2 is 1.68 bits per heavy atom. The Morgan fingerprint density at radius 1 is 0.980 bits per heavy atom. The number of nitrogens with one attached hydrogen (secondary N) is 2. The van der Waals surface area contributed by atoms with E-state index in [0.29, 0.717) is 28.3 Å². The third-order valence-corrected chi connectivity index (χ3v) is 7.91. The van der Waals surface area contributed by atoms with Crippen molar-refractivity contribution in [3.05, 3.63) is 125 Å². The van der Waals surface area contributed by atoms with Crippen molar-refractivity contribution in [3.8, 4) is 5.69 Å². The molecule has 262 valence electrons. The van der Waals surface area contributed by atoms with E-state index in [9.17, 15) is 31.9 Å². The first kappa shape index (κ1) is 36.0. The van der Waals surface area contributed by atoms with Gasteiger partial charge in [0.25, 0.3) is 11.8 Å². The highest BCUT2D eigenvalue weighted by Gasteiger charge is 2.46. The summed E-state index contributed by atoms with van der Waals surface area (Å²) < 4.78 is 61.7. The summed E-state index contributed by atoms with van der Waals surface area (Å²) in [6.07, 6.45) is -1.77. The Bertz CT molecular complexity index is 1880. The van der Waals surface area contributed by atoms with Crippen molar-refractivity contribution >= 4 is 23.6 Å². The third kappa shape index (κ3) is 8.11. The smallest absolute Gasteiger partial charge is 0.416 e. The van der Waals surface area contributed by atoms with E-state index in [0.717, 1.165) is 18.2 Å². The summed E-state index contributed by atoms with van der Waals surface area (Å²) in [5.41, 5.74) is 0.237. The average molecular weight is 692 g/mol. The molecule has 0 radical (unpaired) electrons. The van der Waals surface area contributed by atoms with Crippen molar-refractivity contribution in [2.45, 2.75) is 58.0 Å². The van der Waals surface area contributed by atoms with E-state index in [4.69, 9.17) is 9.84 Å². The van der Waals surface area contributed by atoms with Crippen molar-refractivity contribution < 1.29 is 36.7 Å². The standard InChI is InChI=1S/C37H37F4N5O4/c1-5-45-34-31(28(44-46(34)27-13-7-6-8-14-27)22-42-20-10-15-29(47)50-36(2,3)4)30(23-16-18-26(38)19-17-23)32(35(45)49)43-33(48)24-11-9-12-25(21-24)37(39,40)41/h6-19,21,30,32,42H,5,20,22H2,1-4H3,(H,43,48)/b15-10+/t30-,32-/m0/s1. The van der Waals surface area contributed by atoms with Gasteiger partial charge in [-0.15, -0.1) is 0 Å². The molecule has 0 bridgehead atoms. The summed E-state index contributed by atoms with van der Waals surface area (Å²) in [6, 6.07) is 17.2. The largest absolute Gasteiger partial charge is 0.457 e. The second-order valence-electron chi connectivity index (χ2n) is 12.6. The van der Waals surface area contributed by atoms with Crippen LogP contribution in [0.25, 0.3) is 5.69 Å². The number of carbonyl (C=O) groups excluding carboxylic acids is 3. The molecule has 2 heterocycles. The second kappa shape index (κ2) is 14.7. The van der Waals surface area contributed by atoms with Crippen LogP contribution in [-0.2, 0) is 27.0 Å². The van der Waals surface area contributed by atoms with E-state index in [1.165, 1.54) is 41.3 Å². The number of anilines is 1. The summed E-state index contributed by atoms with van der Waals surface area (Å²) in [5.74, 6) is -2.91. The minimum atomic E-state index is -4.68. The molecule has 2 N–H and O–H groups in total. The molecule has 9 nitrogen and oxygen atoms in total. The molecule has 1 aromatic heterocycles. The molecular formula is C37H37F4N5O4. The molecule has 50 heavy (non-hydrogen) atoms. The molecule has 1 aliphatic rings. The Labute approximate surface area is 286 Å². The van der Waals surface area contributed by atoms with E-state index in [-0.39, 0.29) is 25.2 Å². The number of benzene rings is 3. The Kier molecular flexibility index (Phi) is 10.6. The first-order valence-corrected chi connectivity index (χ1v) is 16.0. The summed E-state index contributed by atoms with van der Waals surface area (Å²) in [5, 5.41) is 10.9. The van der Waals surface area contributed by atoms with Gasteiger partial charge in [0.05, 0.1) is 16.9 Å². The lowest BCUT2D eigenvalue weighted by molar-refractivity contribution is -0.148. The van der Waals surface area contributed by atoms with Gasteiger partial charge in [-0.1, -0.05) is 42.5 Å². The van der Waals surface area contributed by atoms with Crippen LogP contribution in [0.3, 0.4) is 0 Å². The lowest BCUT2D eigenvalue weighted by atomic mass is 9.80. The molecule has 0 spiro atoms. The van der Waals surface area contributed by atoms with Crippen LogP contribution in [0.4, 0.5) is 23.4 Å². The molecule has 0 aliphatic carbocycles. The van der Waals surface area contributed by atoms with Gasteiger partial charge in [0.1, 0.15) is 23.3 Å². The van der Waals surface area contributed by atoms with Gasteiger partial charge in [-0.2, -0.15) is 18.3 Å². The number of likely N-dealkylation sites (N-methyl/N-ethyl adjacent to an activating group) is 1. The lowest BCUT2D eigenvalue weighted by Gasteiger charge is -2.38. The molecule has 13 heteroatoms. The molecule has 3 aromatic carbocycles. The molecule has 0 fully saturated rings. The second-order valence-corrected chi connectivity index (χ2v) is 12.6. The number of halogens is 4. The fraction of sp³-hybridized carbons (Fsp3) is 0.297. The van der Waals surface area contributed by atoms with Crippen molar-refractivity contribution in [2.75, 3.05) is 18.0 Å². The maximum Gasteiger partial charge on any atom is 0.416 e. The van der Waals surface area contributed by atoms with Crippen molar-refractivity contribution in [3.63, 3.8) is 0 Å². The Balaban J connectivity index is 1.59. The zero-order valence-corrected chi connectivity index (χ0v) is 27.9. The van der Waals surface area contributed by atoms with E-state index in [1.807, 2.05) is 30.3 Å². The SMILES string of the molecule is CCN1C(=O)[C@@H](NC(=O)c2cccc(C(F)(F)F)c2)[C@@H](c2ccc(F)cc2)c2c(CNC/C=C/C(=O)OC(C)(C)C)nn(-c3ccccc3)c21. The number of amides is 2. The van der Waals surface area contributed by atoms with Crippen LogP contribution < -0.4 is 15.5 Å². The minimum Gasteiger partial charge on any atom is -0.457 e. The van der Waals surface area contributed by atoms with E-state index in [1.54, 1.807) is 38.5 Å². The zero-order valence-electron chi connectivity index (χ0n) is 27.9. The highest BCUT2D eigenvalue weighted by Crippen LogP contribution is 2.43. The first-order valence-electron chi connectivity index (χ1n) is 16.0. The van der Waals surface area contributed by atoms with Crippen LogP contribution in [0.1, 0.15) is 66.4 Å². The van der Waals surface area contributed by atoms with Gasteiger partial charge < -0.3 is 15.4 Å². The summed E-state index contributed by atoms with van der Waals surface area (Å²) >= 11 is 0. The van der Waals surface area contributed by atoms with Gasteiger partial charge in [0, 0.05) is 42.8 Å². The van der Waals surface area contributed by atoms with Crippen LogP contribution in [0, 0.1) is 5.82 Å². The maximum absolute atomic E-state index is 14.4. The van der Waals surface area contributed by atoms with Crippen LogP contribution in [-0.4, -0.2) is 52.3 Å². The highest BCUT2D eigenvalue weighted by molar-refractivity contribution is 6.05. The van der Waals surface area contributed by atoms with Gasteiger partial charge >= 0.3 is 12.1 Å². The molecule has 0 saturated carbocycles. The quantitative estimate of drug-likeness (QED) is 0.0874. The average Bonchev–Trinajstić information content (AvgIpc) is 3.43. The number of hydrogen-bond acceptors (Lipinski definition) is 6. The van der Waals surface area contributed by atoms with Crippen molar-refractivity contribution in [2.24, 2.45) is 0 Å². The zero-order chi connectivity index (χ0) is 36.2. The van der Waals surface area contributed by atoms with Gasteiger partial charge in [0.2, 0.25) is 0 Å². The summed E-state index contributed by atoms with van der Waals surface area (Å²) in [7, 11) is 0. The fourth-order valence-corrected chi connectivity index (χ4v) is 5.81. The number of rotatable bonds is 10. The monoisotopic (exact) mass is 691 g/mol. The number of fused-ring (bicyclic) bond motifs is 1. The predicted molar refractivity (Wildman–Crippen MR) is 179 cm³/mol. The lowest BCUT2D eigenvalue weighted by Crippen LogP contribution is -2.55. The maximum atomic E-state index is 14.4. The first-order chi connectivity index (χ1) is 23.7. The number of nitrogens with zero attached hydrogens (tertiary/aromatic N) is 3. The van der Waals surface area contributed by atoms with Crippen LogP contribution in [0.2, 0.25) is 0 Å². The number of ether oxygens (including phenoxy) is 1. The molecular weight excluding hydrogens is 654 g/mol. The number of carbonyl (C=O) groups is 3. The number of hydrogen-bond donors (Lipinski definition) is 2. The Hall–Kier alpha value is -5.30. The summed E-state index contributed by atoms with van der Waals surface area (Å²) in [4.78, 5) is 41.6. The number of alkyl halides is 3.